The van der Waals surface area contributed by atoms with Crippen LogP contribution in [0.3, 0.4) is 0 Å². The molecule has 0 spiro atoms. The Hall–Kier alpha value is -1.33. The maximum Gasteiger partial charge on any atom is 0.0692 e. The Morgan fingerprint density at radius 3 is 2.11 bits per heavy atom. The molecule has 0 aromatic heterocycles. The topological polar surface area (TPSA) is 58.3 Å². The molecule has 2 rings (SSSR count). The number of nitrogens with two attached hydrogens (primary N) is 1. The number of rotatable bonds is 5. The van der Waals surface area contributed by atoms with E-state index in [1.54, 1.807) is 11.8 Å². The SMILES string of the molecule is NNCc1ccccc1Sc1ccccc1CO. The summed E-state index contributed by atoms with van der Waals surface area (Å²) in [6, 6.07) is 16.0. The highest BCUT2D eigenvalue weighted by Gasteiger charge is 2.06. The van der Waals surface area contributed by atoms with Crippen molar-refractivity contribution in [1.82, 2.24) is 5.43 Å². The first-order valence-corrected chi connectivity index (χ1v) is 6.55. The molecule has 0 atom stereocenters. The lowest BCUT2D eigenvalue weighted by Crippen LogP contribution is -2.21. The van der Waals surface area contributed by atoms with Crippen LogP contribution in [0.1, 0.15) is 11.1 Å². The van der Waals surface area contributed by atoms with E-state index in [0.717, 1.165) is 20.9 Å². The van der Waals surface area contributed by atoms with Crippen molar-refractivity contribution in [3.05, 3.63) is 59.7 Å². The van der Waals surface area contributed by atoms with Crippen LogP contribution in [0, 0.1) is 0 Å². The Morgan fingerprint density at radius 2 is 1.50 bits per heavy atom. The summed E-state index contributed by atoms with van der Waals surface area (Å²) >= 11 is 1.65. The van der Waals surface area contributed by atoms with Crippen molar-refractivity contribution < 1.29 is 5.11 Å². The van der Waals surface area contributed by atoms with E-state index in [4.69, 9.17) is 5.84 Å². The average Bonchev–Trinajstić information content (AvgIpc) is 2.42. The van der Waals surface area contributed by atoms with Gasteiger partial charge in [-0.2, -0.15) is 0 Å². The van der Waals surface area contributed by atoms with E-state index < -0.39 is 0 Å². The molecule has 94 valence electrons. The molecular formula is C14H16N2OS. The maximum atomic E-state index is 9.32. The second-order valence-electron chi connectivity index (χ2n) is 3.86. The maximum absolute atomic E-state index is 9.32. The predicted octanol–water partition coefficient (Wildman–Crippen LogP) is 2.29. The third kappa shape index (κ3) is 3.11. The Bertz CT molecular complexity index is 517. The molecule has 18 heavy (non-hydrogen) atoms. The second kappa shape index (κ2) is 6.56. The quantitative estimate of drug-likeness (QED) is 0.570. The Labute approximate surface area is 111 Å². The number of nitrogens with one attached hydrogen (secondary N) is 1. The number of hydrogen-bond acceptors (Lipinski definition) is 4. The van der Waals surface area contributed by atoms with Gasteiger partial charge in [0.05, 0.1) is 6.61 Å². The van der Waals surface area contributed by atoms with Crippen LogP contribution in [-0.4, -0.2) is 5.11 Å². The van der Waals surface area contributed by atoms with Gasteiger partial charge in [0.15, 0.2) is 0 Å². The van der Waals surface area contributed by atoms with Gasteiger partial charge in [-0.25, -0.2) is 0 Å². The fourth-order valence-electron chi connectivity index (χ4n) is 1.71. The molecule has 0 aliphatic heterocycles. The first-order valence-electron chi connectivity index (χ1n) is 5.73. The zero-order valence-corrected chi connectivity index (χ0v) is 10.8. The zero-order chi connectivity index (χ0) is 12.8. The molecule has 4 N–H and O–H groups in total. The van der Waals surface area contributed by atoms with Gasteiger partial charge in [0.2, 0.25) is 0 Å². The summed E-state index contributed by atoms with van der Waals surface area (Å²) in [6.45, 7) is 0.685. The smallest absolute Gasteiger partial charge is 0.0692 e. The van der Waals surface area contributed by atoms with Crippen molar-refractivity contribution in [2.75, 3.05) is 0 Å². The summed E-state index contributed by atoms with van der Waals surface area (Å²) in [4.78, 5) is 2.22. The summed E-state index contributed by atoms with van der Waals surface area (Å²) in [5.41, 5.74) is 4.77. The van der Waals surface area contributed by atoms with Crippen molar-refractivity contribution in [2.45, 2.75) is 22.9 Å². The predicted molar refractivity (Wildman–Crippen MR) is 74.0 cm³/mol. The highest BCUT2D eigenvalue weighted by molar-refractivity contribution is 7.99. The van der Waals surface area contributed by atoms with Gasteiger partial charge in [-0.15, -0.1) is 0 Å². The molecule has 2 aromatic carbocycles. The third-order valence-electron chi connectivity index (χ3n) is 2.63. The molecule has 0 aliphatic carbocycles. The minimum absolute atomic E-state index is 0.0560. The molecule has 2 aromatic rings. The van der Waals surface area contributed by atoms with E-state index in [-0.39, 0.29) is 6.61 Å². The number of aliphatic hydroxyl groups is 1. The van der Waals surface area contributed by atoms with Crippen LogP contribution in [0.15, 0.2) is 58.3 Å². The monoisotopic (exact) mass is 260 g/mol. The number of hydrazine groups is 1. The van der Waals surface area contributed by atoms with Crippen LogP contribution in [0.4, 0.5) is 0 Å². The fourth-order valence-corrected chi connectivity index (χ4v) is 2.78. The molecule has 0 bridgehead atoms. The number of aliphatic hydroxyl groups excluding tert-OH is 1. The zero-order valence-electron chi connectivity index (χ0n) is 9.97. The minimum Gasteiger partial charge on any atom is -0.392 e. The molecule has 0 saturated carbocycles. The van der Waals surface area contributed by atoms with E-state index in [9.17, 15) is 5.11 Å². The highest BCUT2D eigenvalue weighted by atomic mass is 32.2. The van der Waals surface area contributed by atoms with Gasteiger partial charge in [-0.05, 0) is 23.3 Å². The standard InChI is InChI=1S/C14H16N2OS/c15-16-9-11-5-1-3-7-13(11)18-14-8-4-2-6-12(14)10-17/h1-8,16-17H,9-10,15H2. The van der Waals surface area contributed by atoms with Crippen LogP contribution >= 0.6 is 11.8 Å². The Kier molecular flexibility index (Phi) is 4.78. The van der Waals surface area contributed by atoms with Gasteiger partial charge < -0.3 is 5.11 Å². The Balaban J connectivity index is 2.28. The third-order valence-corrected chi connectivity index (χ3v) is 3.86. The molecule has 0 aliphatic rings. The summed E-state index contributed by atoms with van der Waals surface area (Å²) < 4.78 is 0. The fraction of sp³-hybridized carbons (Fsp3) is 0.143. The molecule has 0 saturated heterocycles. The number of benzene rings is 2. The molecular weight excluding hydrogens is 244 g/mol. The van der Waals surface area contributed by atoms with E-state index in [1.165, 1.54) is 0 Å². The average molecular weight is 260 g/mol. The van der Waals surface area contributed by atoms with Crippen molar-refractivity contribution in [2.24, 2.45) is 5.84 Å². The molecule has 0 amide bonds. The van der Waals surface area contributed by atoms with Crippen LogP contribution in [0.25, 0.3) is 0 Å². The molecule has 0 fully saturated rings. The Morgan fingerprint density at radius 1 is 0.944 bits per heavy atom. The summed E-state index contributed by atoms with van der Waals surface area (Å²) in [7, 11) is 0. The van der Waals surface area contributed by atoms with E-state index in [2.05, 4.69) is 11.5 Å². The van der Waals surface area contributed by atoms with Gasteiger partial charge in [0, 0.05) is 16.3 Å². The minimum atomic E-state index is 0.0560. The van der Waals surface area contributed by atoms with Crippen molar-refractivity contribution >= 4 is 11.8 Å². The summed E-state index contributed by atoms with van der Waals surface area (Å²) in [5.74, 6) is 5.38. The molecule has 0 heterocycles. The lowest BCUT2D eigenvalue weighted by Gasteiger charge is -2.10. The van der Waals surface area contributed by atoms with Gasteiger partial charge in [0.25, 0.3) is 0 Å². The highest BCUT2D eigenvalue weighted by Crippen LogP contribution is 2.32. The van der Waals surface area contributed by atoms with Gasteiger partial charge >= 0.3 is 0 Å². The number of hydrogen-bond donors (Lipinski definition) is 3. The first kappa shape index (κ1) is 13.1. The van der Waals surface area contributed by atoms with Crippen molar-refractivity contribution in [3.63, 3.8) is 0 Å². The molecule has 3 nitrogen and oxygen atoms in total. The van der Waals surface area contributed by atoms with E-state index in [1.807, 2.05) is 42.5 Å². The van der Waals surface area contributed by atoms with Crippen LogP contribution in [-0.2, 0) is 13.2 Å². The van der Waals surface area contributed by atoms with Crippen molar-refractivity contribution in [3.8, 4) is 0 Å². The first-order chi connectivity index (χ1) is 8.85. The van der Waals surface area contributed by atoms with Crippen molar-refractivity contribution in [1.29, 1.82) is 0 Å². The van der Waals surface area contributed by atoms with Gasteiger partial charge in [0.1, 0.15) is 0 Å². The molecule has 0 unspecified atom stereocenters. The lowest BCUT2D eigenvalue weighted by atomic mass is 10.2. The second-order valence-corrected chi connectivity index (χ2v) is 4.94. The van der Waals surface area contributed by atoms with Crippen LogP contribution in [0.5, 0.6) is 0 Å². The van der Waals surface area contributed by atoms with Gasteiger partial charge in [-0.3, -0.25) is 11.3 Å². The molecule has 4 heteroatoms. The van der Waals surface area contributed by atoms with Crippen LogP contribution < -0.4 is 11.3 Å². The van der Waals surface area contributed by atoms with E-state index in [0.29, 0.717) is 6.54 Å². The largest absolute Gasteiger partial charge is 0.392 e. The van der Waals surface area contributed by atoms with Gasteiger partial charge in [-0.1, -0.05) is 48.2 Å². The molecule has 0 radical (unpaired) electrons. The lowest BCUT2D eigenvalue weighted by molar-refractivity contribution is 0.279. The summed E-state index contributed by atoms with van der Waals surface area (Å²) in [6.07, 6.45) is 0. The normalized spacial score (nSPS) is 10.6. The van der Waals surface area contributed by atoms with Crippen LogP contribution in [0.2, 0.25) is 0 Å². The van der Waals surface area contributed by atoms with E-state index >= 15 is 0 Å². The summed E-state index contributed by atoms with van der Waals surface area (Å²) in [5, 5.41) is 9.32.